The van der Waals surface area contributed by atoms with Gasteiger partial charge in [0, 0.05) is 5.39 Å². The van der Waals surface area contributed by atoms with Crippen LogP contribution in [0.5, 0.6) is 0 Å². The first kappa shape index (κ1) is 8.76. The van der Waals surface area contributed by atoms with E-state index in [0.717, 1.165) is 33.5 Å². The number of benzene rings is 2. The van der Waals surface area contributed by atoms with E-state index in [2.05, 4.69) is 28.2 Å². The van der Waals surface area contributed by atoms with Crippen LogP contribution in [0.2, 0.25) is 0 Å². The Balaban J connectivity index is 2.47. The van der Waals surface area contributed by atoms with Gasteiger partial charge in [0.15, 0.2) is 5.16 Å². The van der Waals surface area contributed by atoms with Crippen molar-refractivity contribution in [3.63, 3.8) is 0 Å². The van der Waals surface area contributed by atoms with Crippen molar-refractivity contribution in [1.82, 2.24) is 9.97 Å². The minimum Gasteiger partial charge on any atom is -0.332 e. The lowest BCUT2D eigenvalue weighted by Crippen LogP contribution is -1.79. The van der Waals surface area contributed by atoms with Crippen LogP contribution in [-0.4, -0.2) is 9.97 Å². The number of aromatic nitrogens is 2. The fourth-order valence-corrected chi connectivity index (χ4v) is 2.09. The van der Waals surface area contributed by atoms with Gasteiger partial charge in [-0.3, -0.25) is 5.14 Å². The van der Waals surface area contributed by atoms with E-state index >= 15 is 0 Å². The standard InChI is InChI=1S/C11H9N3S/c12-15-11-13-9-6-5-7-3-1-2-4-8(7)10(9)14-11/h1-6H,12H2,(H,13,14). The van der Waals surface area contributed by atoms with E-state index in [4.69, 9.17) is 5.14 Å². The maximum Gasteiger partial charge on any atom is 0.181 e. The highest BCUT2D eigenvalue weighted by Gasteiger charge is 2.05. The molecule has 0 unspecified atom stereocenters. The van der Waals surface area contributed by atoms with Gasteiger partial charge >= 0.3 is 0 Å². The van der Waals surface area contributed by atoms with Gasteiger partial charge in [-0.25, -0.2) is 4.98 Å². The van der Waals surface area contributed by atoms with E-state index in [9.17, 15) is 0 Å². The van der Waals surface area contributed by atoms with Crippen LogP contribution in [0, 0.1) is 0 Å². The third-order valence-corrected chi connectivity index (χ3v) is 2.88. The molecule has 1 aromatic heterocycles. The van der Waals surface area contributed by atoms with Crippen molar-refractivity contribution in [3.8, 4) is 0 Å². The Kier molecular flexibility index (Phi) is 1.90. The van der Waals surface area contributed by atoms with Crippen molar-refractivity contribution < 1.29 is 0 Å². The number of hydrogen-bond donors (Lipinski definition) is 2. The monoisotopic (exact) mass is 215 g/mol. The van der Waals surface area contributed by atoms with Crippen molar-refractivity contribution >= 4 is 33.8 Å². The van der Waals surface area contributed by atoms with Gasteiger partial charge in [0.1, 0.15) is 0 Å². The molecule has 0 bridgehead atoms. The summed E-state index contributed by atoms with van der Waals surface area (Å²) in [6, 6.07) is 12.3. The number of H-pyrrole nitrogens is 1. The van der Waals surface area contributed by atoms with Gasteiger partial charge in [0.25, 0.3) is 0 Å². The maximum atomic E-state index is 5.48. The Hall–Kier alpha value is -1.52. The average Bonchev–Trinajstić information content (AvgIpc) is 2.72. The van der Waals surface area contributed by atoms with E-state index in [1.807, 2.05) is 18.2 Å². The summed E-state index contributed by atoms with van der Waals surface area (Å²) in [5.41, 5.74) is 2.02. The molecule has 15 heavy (non-hydrogen) atoms. The second-order valence-electron chi connectivity index (χ2n) is 3.34. The summed E-state index contributed by atoms with van der Waals surface area (Å²) in [4.78, 5) is 7.61. The lowest BCUT2D eigenvalue weighted by Gasteiger charge is -1.96. The fourth-order valence-electron chi connectivity index (χ4n) is 1.78. The SMILES string of the molecule is NSc1nc2c(ccc3ccccc32)[nH]1. The maximum absolute atomic E-state index is 5.48. The zero-order chi connectivity index (χ0) is 10.3. The summed E-state index contributed by atoms with van der Waals surface area (Å²) >= 11 is 1.14. The van der Waals surface area contributed by atoms with Gasteiger partial charge in [0.2, 0.25) is 0 Å². The van der Waals surface area contributed by atoms with Crippen LogP contribution in [0.3, 0.4) is 0 Å². The second-order valence-corrected chi connectivity index (χ2v) is 3.97. The van der Waals surface area contributed by atoms with Crippen LogP contribution in [0.25, 0.3) is 21.8 Å². The topological polar surface area (TPSA) is 54.7 Å². The van der Waals surface area contributed by atoms with Gasteiger partial charge in [-0.15, -0.1) is 0 Å². The first-order chi connectivity index (χ1) is 7.38. The second kappa shape index (κ2) is 3.25. The molecule has 4 heteroatoms. The fraction of sp³-hybridized carbons (Fsp3) is 0. The third kappa shape index (κ3) is 1.30. The molecule has 0 aliphatic rings. The van der Waals surface area contributed by atoms with Crippen LogP contribution < -0.4 is 5.14 Å². The number of hydrogen-bond acceptors (Lipinski definition) is 3. The zero-order valence-electron chi connectivity index (χ0n) is 7.90. The Morgan fingerprint density at radius 2 is 2.00 bits per heavy atom. The van der Waals surface area contributed by atoms with Crippen LogP contribution in [0.4, 0.5) is 0 Å². The minimum absolute atomic E-state index is 0.751. The van der Waals surface area contributed by atoms with Crippen molar-refractivity contribution in [2.24, 2.45) is 5.14 Å². The molecular weight excluding hydrogens is 206 g/mol. The lowest BCUT2D eigenvalue weighted by atomic mass is 10.1. The molecule has 0 saturated carbocycles. The van der Waals surface area contributed by atoms with Crippen LogP contribution in [0.15, 0.2) is 41.6 Å². The Morgan fingerprint density at radius 1 is 1.13 bits per heavy atom. The molecule has 0 aliphatic heterocycles. The highest BCUT2D eigenvalue weighted by Crippen LogP contribution is 2.24. The molecule has 1 heterocycles. The van der Waals surface area contributed by atoms with Crippen molar-refractivity contribution in [3.05, 3.63) is 36.4 Å². The number of rotatable bonds is 1. The largest absolute Gasteiger partial charge is 0.332 e. The smallest absolute Gasteiger partial charge is 0.181 e. The molecule has 0 amide bonds. The van der Waals surface area contributed by atoms with Crippen LogP contribution in [0.1, 0.15) is 0 Å². The van der Waals surface area contributed by atoms with Crippen LogP contribution >= 0.6 is 11.9 Å². The summed E-state index contributed by atoms with van der Waals surface area (Å²) < 4.78 is 0. The molecule has 74 valence electrons. The molecule has 3 rings (SSSR count). The summed E-state index contributed by atoms with van der Waals surface area (Å²) in [5.74, 6) is 0. The highest BCUT2D eigenvalue weighted by atomic mass is 32.2. The van der Waals surface area contributed by atoms with E-state index in [-0.39, 0.29) is 0 Å². The summed E-state index contributed by atoms with van der Waals surface area (Å²) in [6.45, 7) is 0. The Morgan fingerprint density at radius 3 is 2.87 bits per heavy atom. The van der Waals surface area contributed by atoms with E-state index in [0.29, 0.717) is 0 Å². The molecular formula is C11H9N3S. The number of aromatic amines is 1. The normalized spacial score (nSPS) is 11.3. The summed E-state index contributed by atoms with van der Waals surface area (Å²) in [7, 11) is 0. The molecule has 3 nitrogen and oxygen atoms in total. The van der Waals surface area contributed by atoms with Gasteiger partial charge in [-0.05, 0) is 23.4 Å². The predicted octanol–water partition coefficient (Wildman–Crippen LogP) is 2.68. The number of fused-ring (bicyclic) bond motifs is 3. The van der Waals surface area contributed by atoms with Crippen molar-refractivity contribution in [2.75, 3.05) is 0 Å². The molecule has 0 radical (unpaired) electrons. The first-order valence-corrected chi connectivity index (χ1v) is 5.50. The van der Waals surface area contributed by atoms with E-state index < -0.39 is 0 Å². The molecule has 2 aromatic carbocycles. The first-order valence-electron chi connectivity index (χ1n) is 4.63. The van der Waals surface area contributed by atoms with E-state index in [1.54, 1.807) is 0 Å². The molecule has 0 spiro atoms. The summed E-state index contributed by atoms with van der Waals surface area (Å²) in [6.07, 6.45) is 0. The van der Waals surface area contributed by atoms with Crippen LogP contribution in [-0.2, 0) is 0 Å². The van der Waals surface area contributed by atoms with Gasteiger partial charge in [-0.2, -0.15) is 0 Å². The number of nitrogens with two attached hydrogens (primary N) is 1. The molecule has 0 saturated heterocycles. The summed E-state index contributed by atoms with van der Waals surface area (Å²) in [5, 5.41) is 8.59. The Bertz CT molecular complexity index is 630. The van der Waals surface area contributed by atoms with Gasteiger partial charge in [0.05, 0.1) is 11.0 Å². The molecule has 0 atom stereocenters. The number of nitrogens with one attached hydrogen (secondary N) is 1. The zero-order valence-corrected chi connectivity index (χ0v) is 8.71. The van der Waals surface area contributed by atoms with Crippen molar-refractivity contribution in [1.29, 1.82) is 0 Å². The number of imidazole rings is 1. The molecule has 3 N–H and O–H groups in total. The quantitative estimate of drug-likeness (QED) is 0.614. The minimum atomic E-state index is 0.751. The molecule has 0 aliphatic carbocycles. The van der Waals surface area contributed by atoms with E-state index in [1.165, 1.54) is 5.39 Å². The van der Waals surface area contributed by atoms with Crippen molar-refractivity contribution in [2.45, 2.75) is 5.16 Å². The number of nitrogens with zero attached hydrogens (tertiary/aromatic N) is 1. The predicted molar refractivity (Wildman–Crippen MR) is 63.6 cm³/mol. The third-order valence-electron chi connectivity index (χ3n) is 2.47. The highest BCUT2D eigenvalue weighted by molar-refractivity contribution is 7.96. The molecule has 0 fully saturated rings. The molecule has 3 aromatic rings. The average molecular weight is 215 g/mol. The lowest BCUT2D eigenvalue weighted by molar-refractivity contribution is 1.08. The Labute approximate surface area is 90.8 Å². The van der Waals surface area contributed by atoms with Gasteiger partial charge < -0.3 is 4.98 Å². The van der Waals surface area contributed by atoms with Gasteiger partial charge in [-0.1, -0.05) is 30.3 Å².